The lowest BCUT2D eigenvalue weighted by Crippen LogP contribution is -2.09. The van der Waals surface area contributed by atoms with Gasteiger partial charge in [0.15, 0.2) is 0 Å². The van der Waals surface area contributed by atoms with Crippen LogP contribution in [0.1, 0.15) is 25.2 Å². The van der Waals surface area contributed by atoms with Gasteiger partial charge in [-0.2, -0.15) is 4.98 Å². The van der Waals surface area contributed by atoms with Crippen molar-refractivity contribution in [2.75, 3.05) is 12.3 Å². The number of nitrogens with zero attached hydrogens (tertiary/aromatic N) is 2. The molecule has 18 heavy (non-hydrogen) atoms. The van der Waals surface area contributed by atoms with E-state index in [0.29, 0.717) is 17.4 Å². The lowest BCUT2D eigenvalue weighted by molar-refractivity contribution is 0.113. The average Bonchev–Trinajstić information content (AvgIpc) is 2.98. The Labute approximate surface area is 105 Å². The molecule has 5 nitrogen and oxygen atoms in total. The van der Waals surface area contributed by atoms with Gasteiger partial charge >= 0.3 is 0 Å². The highest BCUT2D eigenvalue weighted by molar-refractivity contribution is 5.70. The molecular weight excluding hydrogens is 230 g/mol. The Hall–Kier alpha value is -1.88. The van der Waals surface area contributed by atoms with Crippen LogP contribution in [0.25, 0.3) is 11.4 Å². The van der Waals surface area contributed by atoms with Gasteiger partial charge in [-0.1, -0.05) is 17.3 Å². The maximum Gasteiger partial charge on any atom is 0.232 e. The lowest BCUT2D eigenvalue weighted by atomic mass is 10.0. The minimum absolute atomic E-state index is 0.131. The third-order valence-corrected chi connectivity index (χ3v) is 3.34. The summed E-state index contributed by atoms with van der Waals surface area (Å²) in [6.45, 7) is 2.77. The largest absolute Gasteiger partial charge is 0.398 e. The molecule has 0 spiro atoms. The smallest absolute Gasteiger partial charge is 0.232 e. The lowest BCUT2D eigenvalue weighted by Gasteiger charge is -2.07. The van der Waals surface area contributed by atoms with Gasteiger partial charge in [0.25, 0.3) is 0 Å². The number of nitrogen functional groups attached to an aromatic ring is 1. The van der Waals surface area contributed by atoms with Crippen molar-refractivity contribution >= 4 is 5.69 Å². The maximum absolute atomic E-state index is 5.90. The van der Waals surface area contributed by atoms with E-state index >= 15 is 0 Å². The predicted molar refractivity (Wildman–Crippen MR) is 66.9 cm³/mol. The highest BCUT2D eigenvalue weighted by atomic mass is 16.5. The SMILES string of the molecule is CC1OCCC1c1nc(-c2ccccc2N)no1. The molecule has 1 aromatic carbocycles. The summed E-state index contributed by atoms with van der Waals surface area (Å²) in [6, 6.07) is 7.50. The summed E-state index contributed by atoms with van der Waals surface area (Å²) in [5, 5.41) is 4.00. The number of hydrogen-bond donors (Lipinski definition) is 1. The van der Waals surface area contributed by atoms with Crippen LogP contribution in [0.2, 0.25) is 0 Å². The number of anilines is 1. The number of benzene rings is 1. The van der Waals surface area contributed by atoms with Gasteiger partial charge in [-0.25, -0.2) is 0 Å². The molecule has 1 fully saturated rings. The summed E-state index contributed by atoms with van der Waals surface area (Å²) in [7, 11) is 0. The van der Waals surface area contributed by atoms with Crippen molar-refractivity contribution in [2.24, 2.45) is 0 Å². The predicted octanol–water partition coefficient (Wildman–Crippen LogP) is 2.21. The Kier molecular flexibility index (Phi) is 2.76. The zero-order valence-corrected chi connectivity index (χ0v) is 10.2. The molecule has 0 saturated carbocycles. The van der Waals surface area contributed by atoms with E-state index in [4.69, 9.17) is 15.0 Å². The van der Waals surface area contributed by atoms with Crippen LogP contribution in [0.3, 0.4) is 0 Å². The normalized spacial score (nSPS) is 23.4. The molecular formula is C13H15N3O2. The molecule has 3 rings (SSSR count). The Morgan fingerprint density at radius 1 is 1.33 bits per heavy atom. The summed E-state index contributed by atoms with van der Waals surface area (Å²) >= 11 is 0. The van der Waals surface area contributed by atoms with E-state index in [-0.39, 0.29) is 12.0 Å². The van der Waals surface area contributed by atoms with Gasteiger partial charge in [-0.15, -0.1) is 0 Å². The standard InChI is InChI=1S/C13H15N3O2/c1-8-9(6-7-17-8)13-15-12(16-18-13)10-4-2-3-5-11(10)14/h2-5,8-9H,6-7,14H2,1H3. The zero-order valence-electron chi connectivity index (χ0n) is 10.2. The minimum atomic E-state index is 0.131. The van der Waals surface area contributed by atoms with Crippen molar-refractivity contribution in [2.45, 2.75) is 25.4 Å². The number of rotatable bonds is 2. The topological polar surface area (TPSA) is 74.2 Å². The van der Waals surface area contributed by atoms with Crippen LogP contribution in [0.4, 0.5) is 5.69 Å². The molecule has 2 atom stereocenters. The molecule has 1 aromatic heterocycles. The van der Waals surface area contributed by atoms with Crippen molar-refractivity contribution in [1.29, 1.82) is 0 Å². The van der Waals surface area contributed by atoms with E-state index in [1.807, 2.05) is 31.2 Å². The van der Waals surface area contributed by atoms with Crippen molar-refractivity contribution in [3.63, 3.8) is 0 Å². The van der Waals surface area contributed by atoms with Gasteiger partial charge in [0, 0.05) is 17.9 Å². The van der Waals surface area contributed by atoms with Crippen LogP contribution < -0.4 is 5.73 Å². The molecule has 2 unspecified atom stereocenters. The first-order valence-electron chi connectivity index (χ1n) is 6.06. The first kappa shape index (κ1) is 11.2. The summed E-state index contributed by atoms with van der Waals surface area (Å²) in [6.07, 6.45) is 1.05. The first-order valence-corrected chi connectivity index (χ1v) is 6.06. The van der Waals surface area contributed by atoms with Gasteiger partial charge < -0.3 is 15.0 Å². The molecule has 2 N–H and O–H groups in total. The van der Waals surface area contributed by atoms with Crippen molar-refractivity contribution in [3.05, 3.63) is 30.2 Å². The molecule has 0 amide bonds. The molecule has 0 aliphatic carbocycles. The van der Waals surface area contributed by atoms with Gasteiger partial charge in [0.1, 0.15) is 0 Å². The number of hydrogen-bond acceptors (Lipinski definition) is 5. The monoisotopic (exact) mass is 245 g/mol. The third-order valence-electron chi connectivity index (χ3n) is 3.34. The quantitative estimate of drug-likeness (QED) is 0.821. The van der Waals surface area contributed by atoms with E-state index < -0.39 is 0 Å². The fourth-order valence-corrected chi connectivity index (χ4v) is 2.25. The Morgan fingerprint density at radius 2 is 2.17 bits per heavy atom. The van der Waals surface area contributed by atoms with Crippen LogP contribution >= 0.6 is 0 Å². The van der Waals surface area contributed by atoms with E-state index in [0.717, 1.165) is 18.6 Å². The fourth-order valence-electron chi connectivity index (χ4n) is 2.25. The Morgan fingerprint density at radius 3 is 2.89 bits per heavy atom. The molecule has 0 bridgehead atoms. The maximum atomic E-state index is 5.90. The van der Waals surface area contributed by atoms with Gasteiger partial charge in [-0.05, 0) is 25.5 Å². The Bertz CT molecular complexity index is 553. The molecule has 1 aliphatic rings. The number of aromatic nitrogens is 2. The van der Waals surface area contributed by atoms with E-state index in [1.54, 1.807) is 0 Å². The van der Waals surface area contributed by atoms with Crippen LogP contribution in [0.5, 0.6) is 0 Å². The van der Waals surface area contributed by atoms with E-state index in [9.17, 15) is 0 Å². The van der Waals surface area contributed by atoms with E-state index in [1.165, 1.54) is 0 Å². The second-order valence-corrected chi connectivity index (χ2v) is 4.51. The third kappa shape index (κ3) is 1.86. The van der Waals surface area contributed by atoms with Crippen LogP contribution in [-0.2, 0) is 4.74 Å². The van der Waals surface area contributed by atoms with Crippen LogP contribution in [-0.4, -0.2) is 22.9 Å². The second-order valence-electron chi connectivity index (χ2n) is 4.51. The molecule has 1 aliphatic heterocycles. The molecule has 2 heterocycles. The Balaban J connectivity index is 1.92. The highest BCUT2D eigenvalue weighted by Crippen LogP contribution is 2.31. The summed E-state index contributed by atoms with van der Waals surface area (Å²) in [4.78, 5) is 4.44. The van der Waals surface area contributed by atoms with Crippen molar-refractivity contribution in [3.8, 4) is 11.4 Å². The molecule has 94 valence electrons. The second kappa shape index (κ2) is 4.42. The van der Waals surface area contributed by atoms with Gasteiger partial charge in [0.05, 0.1) is 12.0 Å². The molecule has 1 saturated heterocycles. The van der Waals surface area contributed by atoms with Gasteiger partial charge in [-0.3, -0.25) is 0 Å². The summed E-state index contributed by atoms with van der Waals surface area (Å²) < 4.78 is 10.8. The van der Waals surface area contributed by atoms with Gasteiger partial charge in [0.2, 0.25) is 11.7 Å². The molecule has 0 radical (unpaired) electrons. The summed E-state index contributed by atoms with van der Waals surface area (Å²) in [5.41, 5.74) is 7.35. The minimum Gasteiger partial charge on any atom is -0.398 e. The fraction of sp³-hybridized carbons (Fsp3) is 0.385. The average molecular weight is 245 g/mol. The van der Waals surface area contributed by atoms with Crippen molar-refractivity contribution in [1.82, 2.24) is 10.1 Å². The first-order chi connectivity index (χ1) is 8.75. The van der Waals surface area contributed by atoms with Crippen LogP contribution in [0, 0.1) is 0 Å². The number of nitrogens with two attached hydrogens (primary N) is 1. The highest BCUT2D eigenvalue weighted by Gasteiger charge is 2.30. The number of ether oxygens (including phenoxy) is 1. The zero-order chi connectivity index (χ0) is 12.5. The molecule has 2 aromatic rings. The summed E-state index contributed by atoms with van der Waals surface area (Å²) in [5.74, 6) is 1.37. The number of para-hydroxylation sites is 1. The molecule has 5 heteroatoms. The van der Waals surface area contributed by atoms with Crippen molar-refractivity contribution < 1.29 is 9.26 Å². The van der Waals surface area contributed by atoms with Crippen LogP contribution in [0.15, 0.2) is 28.8 Å². The van der Waals surface area contributed by atoms with E-state index in [2.05, 4.69) is 10.1 Å².